The molecule has 0 amide bonds. The van der Waals surface area contributed by atoms with Crippen LogP contribution in [0.15, 0.2) is 11.2 Å². The highest BCUT2D eigenvalue weighted by Crippen LogP contribution is 2.13. The molecule has 2 heterocycles. The van der Waals surface area contributed by atoms with E-state index in [0.29, 0.717) is 6.04 Å². The standard InChI is InChI=1S/C17H31N5S.HI/c1-4-6-9-22-10-7-14(8-11-22)21-17(18-3)20-13-16-19-12-15(5-2)23-16;/h12,14H,4-11,13H2,1-3H3,(H2,18,20,21);1H. The molecule has 0 spiro atoms. The summed E-state index contributed by atoms with van der Waals surface area (Å²) in [7, 11) is 1.84. The molecule has 0 atom stereocenters. The number of guanidine groups is 1. The number of hydrogen-bond donors (Lipinski definition) is 2. The van der Waals surface area contributed by atoms with Crippen LogP contribution in [0.5, 0.6) is 0 Å². The van der Waals surface area contributed by atoms with Gasteiger partial charge >= 0.3 is 0 Å². The molecule has 1 aromatic heterocycles. The first-order valence-corrected chi connectivity index (χ1v) is 9.69. The second-order valence-corrected chi connectivity index (χ2v) is 7.31. The average Bonchev–Trinajstić information content (AvgIpc) is 3.06. The summed E-state index contributed by atoms with van der Waals surface area (Å²) in [4.78, 5) is 12.7. The van der Waals surface area contributed by atoms with Crippen LogP contribution in [0.2, 0.25) is 0 Å². The minimum atomic E-state index is 0. The van der Waals surface area contributed by atoms with Gasteiger partial charge in [-0.25, -0.2) is 4.98 Å². The van der Waals surface area contributed by atoms with Crippen molar-refractivity contribution in [1.29, 1.82) is 0 Å². The summed E-state index contributed by atoms with van der Waals surface area (Å²) >= 11 is 1.78. The summed E-state index contributed by atoms with van der Waals surface area (Å²) in [5, 5.41) is 8.08. The molecule has 0 bridgehead atoms. The molecule has 1 aliphatic rings. The van der Waals surface area contributed by atoms with Crippen LogP contribution in [0, 0.1) is 0 Å². The molecule has 2 rings (SSSR count). The molecule has 5 nitrogen and oxygen atoms in total. The summed E-state index contributed by atoms with van der Waals surface area (Å²) in [5.41, 5.74) is 0. The average molecular weight is 465 g/mol. The van der Waals surface area contributed by atoms with E-state index in [1.54, 1.807) is 11.3 Å². The normalized spacial score (nSPS) is 16.7. The van der Waals surface area contributed by atoms with Gasteiger partial charge in [0, 0.05) is 37.3 Å². The van der Waals surface area contributed by atoms with Crippen LogP contribution in [0.4, 0.5) is 0 Å². The molecule has 1 fully saturated rings. The molecular weight excluding hydrogens is 433 g/mol. The predicted molar refractivity (Wildman–Crippen MR) is 115 cm³/mol. The van der Waals surface area contributed by atoms with E-state index in [4.69, 9.17) is 0 Å². The third-order valence-electron chi connectivity index (χ3n) is 4.34. The molecule has 0 aromatic carbocycles. The van der Waals surface area contributed by atoms with Crippen LogP contribution >= 0.6 is 35.3 Å². The van der Waals surface area contributed by atoms with Crippen molar-refractivity contribution in [3.05, 3.63) is 16.1 Å². The number of aromatic nitrogens is 1. The first kappa shape index (κ1) is 21.6. The van der Waals surface area contributed by atoms with E-state index < -0.39 is 0 Å². The maximum Gasteiger partial charge on any atom is 0.191 e. The van der Waals surface area contributed by atoms with Crippen molar-refractivity contribution >= 4 is 41.3 Å². The van der Waals surface area contributed by atoms with Crippen molar-refractivity contribution in [3.63, 3.8) is 0 Å². The lowest BCUT2D eigenvalue weighted by atomic mass is 10.0. The van der Waals surface area contributed by atoms with Crippen LogP contribution < -0.4 is 10.6 Å². The Hall–Kier alpha value is -0.410. The molecule has 1 aromatic rings. The van der Waals surface area contributed by atoms with Gasteiger partial charge in [-0.05, 0) is 32.2 Å². The van der Waals surface area contributed by atoms with Crippen LogP contribution in [0.1, 0.15) is 49.4 Å². The third kappa shape index (κ3) is 7.23. The Balaban J connectivity index is 0.00000288. The Bertz CT molecular complexity index is 483. The van der Waals surface area contributed by atoms with Crippen molar-refractivity contribution in [3.8, 4) is 0 Å². The number of piperidine rings is 1. The first-order chi connectivity index (χ1) is 11.2. The lowest BCUT2D eigenvalue weighted by Gasteiger charge is -2.33. The zero-order valence-corrected chi connectivity index (χ0v) is 18.3. The summed E-state index contributed by atoms with van der Waals surface area (Å²) in [5.74, 6) is 0.894. The van der Waals surface area contributed by atoms with Gasteiger partial charge in [0.25, 0.3) is 0 Å². The van der Waals surface area contributed by atoms with E-state index in [1.165, 1.54) is 50.2 Å². The summed E-state index contributed by atoms with van der Waals surface area (Å²) in [6.07, 6.45) is 8.02. The van der Waals surface area contributed by atoms with Gasteiger partial charge in [-0.15, -0.1) is 35.3 Å². The second-order valence-electron chi connectivity index (χ2n) is 6.11. The van der Waals surface area contributed by atoms with Gasteiger partial charge < -0.3 is 15.5 Å². The summed E-state index contributed by atoms with van der Waals surface area (Å²) in [6.45, 7) is 8.82. The minimum Gasteiger partial charge on any atom is -0.354 e. The van der Waals surface area contributed by atoms with Crippen molar-refractivity contribution in [2.24, 2.45) is 4.99 Å². The van der Waals surface area contributed by atoms with Crippen LogP contribution in [-0.4, -0.2) is 48.6 Å². The molecule has 24 heavy (non-hydrogen) atoms. The number of aryl methyl sites for hydroxylation is 1. The third-order valence-corrected chi connectivity index (χ3v) is 5.48. The number of rotatable bonds is 7. The lowest BCUT2D eigenvalue weighted by molar-refractivity contribution is 0.203. The smallest absolute Gasteiger partial charge is 0.191 e. The monoisotopic (exact) mass is 465 g/mol. The fourth-order valence-electron chi connectivity index (χ4n) is 2.82. The van der Waals surface area contributed by atoms with E-state index in [2.05, 4.69) is 39.4 Å². The number of aliphatic imine (C=N–C) groups is 1. The molecule has 0 radical (unpaired) electrons. The van der Waals surface area contributed by atoms with E-state index in [-0.39, 0.29) is 24.0 Å². The van der Waals surface area contributed by atoms with Crippen molar-refractivity contribution < 1.29 is 0 Å². The molecule has 1 aliphatic heterocycles. The van der Waals surface area contributed by atoms with E-state index in [9.17, 15) is 0 Å². The molecule has 0 aliphatic carbocycles. The van der Waals surface area contributed by atoms with Gasteiger partial charge in [0.1, 0.15) is 5.01 Å². The van der Waals surface area contributed by atoms with Crippen LogP contribution in [-0.2, 0) is 13.0 Å². The van der Waals surface area contributed by atoms with Gasteiger partial charge in [0.05, 0.1) is 6.54 Å². The van der Waals surface area contributed by atoms with Gasteiger partial charge in [-0.1, -0.05) is 20.3 Å². The Morgan fingerprint density at radius 3 is 2.71 bits per heavy atom. The predicted octanol–water partition coefficient (Wildman–Crippen LogP) is 3.25. The Morgan fingerprint density at radius 2 is 2.12 bits per heavy atom. The molecule has 7 heteroatoms. The summed E-state index contributed by atoms with van der Waals surface area (Å²) < 4.78 is 0. The highest BCUT2D eigenvalue weighted by Gasteiger charge is 2.19. The highest BCUT2D eigenvalue weighted by molar-refractivity contribution is 14.0. The maximum atomic E-state index is 4.45. The Kier molecular flexibility index (Phi) is 10.8. The highest BCUT2D eigenvalue weighted by atomic mass is 127. The molecule has 1 saturated heterocycles. The van der Waals surface area contributed by atoms with E-state index in [0.717, 1.165) is 23.9 Å². The fraction of sp³-hybridized carbons (Fsp3) is 0.765. The van der Waals surface area contributed by atoms with Gasteiger partial charge in [-0.2, -0.15) is 0 Å². The first-order valence-electron chi connectivity index (χ1n) is 8.88. The quantitative estimate of drug-likeness (QED) is 0.369. The number of nitrogens with one attached hydrogen (secondary N) is 2. The zero-order chi connectivity index (χ0) is 16.5. The number of hydrogen-bond acceptors (Lipinski definition) is 4. The maximum absolute atomic E-state index is 4.45. The lowest BCUT2D eigenvalue weighted by Crippen LogP contribution is -2.48. The van der Waals surface area contributed by atoms with Crippen molar-refractivity contribution in [2.45, 2.75) is 58.5 Å². The number of likely N-dealkylation sites (tertiary alicyclic amines) is 1. The van der Waals surface area contributed by atoms with Crippen molar-refractivity contribution in [2.75, 3.05) is 26.7 Å². The topological polar surface area (TPSA) is 52.5 Å². The number of unbranched alkanes of at least 4 members (excludes halogenated alkanes) is 1. The van der Waals surface area contributed by atoms with Gasteiger partial charge in [0.15, 0.2) is 5.96 Å². The van der Waals surface area contributed by atoms with Crippen LogP contribution in [0.25, 0.3) is 0 Å². The Labute approximate surface area is 167 Å². The Morgan fingerprint density at radius 1 is 1.38 bits per heavy atom. The number of halogens is 1. The minimum absolute atomic E-state index is 0. The second kappa shape index (κ2) is 12.0. The molecular formula is C17H32IN5S. The van der Waals surface area contributed by atoms with Gasteiger partial charge in [0.2, 0.25) is 0 Å². The SMILES string of the molecule is CCCCN1CCC(NC(=NC)NCc2ncc(CC)s2)CC1.I. The van der Waals surface area contributed by atoms with E-state index >= 15 is 0 Å². The number of nitrogens with zero attached hydrogens (tertiary/aromatic N) is 3. The molecule has 138 valence electrons. The molecule has 0 unspecified atom stereocenters. The number of thiazole rings is 1. The molecule has 2 N–H and O–H groups in total. The summed E-state index contributed by atoms with van der Waals surface area (Å²) in [6, 6.07) is 0.529. The van der Waals surface area contributed by atoms with Crippen molar-refractivity contribution in [1.82, 2.24) is 20.5 Å². The fourth-order valence-corrected chi connectivity index (χ4v) is 3.63. The molecule has 0 saturated carbocycles. The largest absolute Gasteiger partial charge is 0.354 e. The zero-order valence-electron chi connectivity index (χ0n) is 15.2. The van der Waals surface area contributed by atoms with Crippen LogP contribution in [0.3, 0.4) is 0 Å². The van der Waals surface area contributed by atoms with E-state index in [1.807, 2.05) is 13.2 Å². The van der Waals surface area contributed by atoms with Gasteiger partial charge in [-0.3, -0.25) is 4.99 Å².